The Hall–Kier alpha value is -3.43. The first-order valence-electron chi connectivity index (χ1n) is 10.6. The van der Waals surface area contributed by atoms with Gasteiger partial charge in [0, 0.05) is 10.8 Å². The van der Waals surface area contributed by atoms with Crippen LogP contribution in [0.4, 0.5) is 0 Å². The minimum atomic E-state index is -4.60. The molecule has 0 aliphatic carbocycles. The normalized spacial score (nSPS) is 13.4. The van der Waals surface area contributed by atoms with Crippen LogP contribution in [0.25, 0.3) is 10.8 Å². The average molecular weight is 481 g/mol. The quantitative estimate of drug-likeness (QED) is 0.306. The molecule has 4 aromatic carbocycles. The predicted molar refractivity (Wildman–Crippen MR) is 128 cm³/mol. The number of rotatable bonds is 9. The molecule has 176 valence electrons. The van der Waals surface area contributed by atoms with Crippen LogP contribution in [0.15, 0.2) is 95.9 Å². The molecule has 0 saturated carbocycles. The maximum absolute atomic E-state index is 12.0. The lowest BCUT2D eigenvalue weighted by atomic mass is 10.1. The van der Waals surface area contributed by atoms with Crippen LogP contribution in [0.3, 0.4) is 0 Å². The third kappa shape index (κ3) is 5.37. The van der Waals surface area contributed by atoms with Crippen LogP contribution in [-0.4, -0.2) is 36.4 Å². The van der Waals surface area contributed by atoms with E-state index in [-0.39, 0.29) is 19.0 Å². The van der Waals surface area contributed by atoms with Gasteiger partial charge in [-0.25, -0.2) is 0 Å². The van der Waals surface area contributed by atoms with E-state index in [1.807, 2.05) is 24.3 Å². The predicted octanol–water partition coefficient (Wildman–Crippen LogP) is 4.31. The molecule has 2 unspecified atom stereocenters. The average Bonchev–Trinajstić information content (AvgIpc) is 2.85. The maximum Gasteiger partial charge on any atom is 0.298 e. The van der Waals surface area contributed by atoms with Gasteiger partial charge in [0.1, 0.15) is 41.8 Å². The fraction of sp³-hybridized carbons (Fsp3) is 0.154. The van der Waals surface area contributed by atoms with Gasteiger partial charge in [-0.3, -0.25) is 4.55 Å². The zero-order chi connectivity index (χ0) is 24.1. The van der Waals surface area contributed by atoms with Crippen molar-refractivity contribution in [3.8, 4) is 11.5 Å². The van der Waals surface area contributed by atoms with E-state index in [9.17, 15) is 23.2 Å². The molecule has 0 bridgehead atoms. The van der Waals surface area contributed by atoms with Crippen molar-refractivity contribution in [3.05, 3.63) is 102 Å². The Bertz CT molecular complexity index is 1360. The smallest absolute Gasteiger partial charge is 0.298 e. The lowest BCUT2D eigenvalue weighted by Crippen LogP contribution is -2.12. The highest BCUT2D eigenvalue weighted by molar-refractivity contribution is 7.86. The van der Waals surface area contributed by atoms with E-state index >= 15 is 0 Å². The van der Waals surface area contributed by atoms with Crippen molar-refractivity contribution < 1.29 is 32.7 Å². The van der Waals surface area contributed by atoms with Crippen LogP contribution in [0.1, 0.15) is 23.3 Å². The summed E-state index contributed by atoms with van der Waals surface area (Å²) >= 11 is 0. The Morgan fingerprint density at radius 3 is 1.76 bits per heavy atom. The lowest BCUT2D eigenvalue weighted by molar-refractivity contribution is 0.107. The molecule has 3 N–H and O–H groups in total. The Labute approximate surface area is 197 Å². The van der Waals surface area contributed by atoms with Gasteiger partial charge in [0.2, 0.25) is 0 Å². The van der Waals surface area contributed by atoms with Crippen LogP contribution < -0.4 is 9.47 Å². The van der Waals surface area contributed by atoms with E-state index in [1.165, 1.54) is 12.1 Å². The van der Waals surface area contributed by atoms with Crippen LogP contribution >= 0.6 is 0 Å². The summed E-state index contributed by atoms with van der Waals surface area (Å²) in [4.78, 5) is -0.415. The van der Waals surface area contributed by atoms with E-state index in [1.54, 1.807) is 54.6 Å². The topological polar surface area (TPSA) is 113 Å². The molecular formula is C26H24O7S. The summed E-state index contributed by atoms with van der Waals surface area (Å²) in [6.07, 6.45) is -1.86. The molecule has 0 aromatic heterocycles. The first-order chi connectivity index (χ1) is 16.3. The number of fused-ring (bicyclic) bond motifs is 1. The van der Waals surface area contributed by atoms with E-state index in [0.717, 1.165) is 0 Å². The molecule has 0 amide bonds. The number of benzene rings is 4. The monoisotopic (exact) mass is 480 g/mol. The standard InChI is InChI=1S/C26H24O7S/c27-22(18-8-3-1-4-9-18)16-32-24-13-7-12-21-20(24)14-15-25(34(29,30)31)26(21)33-17-23(28)19-10-5-2-6-11-19/h1-15,22-23,27-28H,16-17H2,(H,29,30,31). The fourth-order valence-electron chi connectivity index (χ4n) is 3.63. The molecule has 0 spiro atoms. The lowest BCUT2D eigenvalue weighted by Gasteiger charge is -2.18. The first-order valence-corrected chi connectivity index (χ1v) is 12.0. The molecule has 0 aliphatic heterocycles. The molecule has 4 rings (SSSR count). The summed E-state index contributed by atoms with van der Waals surface area (Å²) in [6.45, 7) is -0.254. The first kappa shape index (κ1) is 23.7. The summed E-state index contributed by atoms with van der Waals surface area (Å²) in [5.74, 6) is 0.312. The highest BCUT2D eigenvalue weighted by Crippen LogP contribution is 2.38. The summed E-state index contributed by atoms with van der Waals surface area (Å²) < 4.78 is 45.4. The van der Waals surface area contributed by atoms with E-state index in [0.29, 0.717) is 27.6 Å². The molecule has 0 radical (unpaired) electrons. The molecule has 34 heavy (non-hydrogen) atoms. The van der Waals surface area contributed by atoms with E-state index in [2.05, 4.69) is 0 Å². The zero-order valence-corrected chi connectivity index (χ0v) is 18.9. The van der Waals surface area contributed by atoms with Gasteiger partial charge in [-0.1, -0.05) is 72.8 Å². The van der Waals surface area contributed by atoms with Crippen molar-refractivity contribution in [3.63, 3.8) is 0 Å². The van der Waals surface area contributed by atoms with E-state index in [4.69, 9.17) is 9.47 Å². The number of aliphatic hydroxyl groups excluding tert-OH is 2. The number of ether oxygens (including phenoxy) is 2. The molecule has 4 aromatic rings. The van der Waals surface area contributed by atoms with E-state index < -0.39 is 27.2 Å². The number of hydrogen-bond donors (Lipinski definition) is 3. The maximum atomic E-state index is 12.0. The summed E-state index contributed by atoms with van der Waals surface area (Å²) in [5, 5.41) is 21.8. The summed E-state index contributed by atoms with van der Waals surface area (Å²) in [5.41, 5.74) is 1.31. The van der Waals surface area contributed by atoms with Crippen molar-refractivity contribution in [2.75, 3.05) is 13.2 Å². The van der Waals surface area contributed by atoms with Crippen LogP contribution in [-0.2, 0) is 10.1 Å². The second kappa shape index (κ2) is 10.2. The summed E-state index contributed by atoms with van der Waals surface area (Å²) in [6, 6.07) is 25.6. The van der Waals surface area contributed by atoms with Crippen molar-refractivity contribution in [1.29, 1.82) is 0 Å². The molecular weight excluding hydrogens is 456 g/mol. The van der Waals surface area contributed by atoms with Gasteiger partial charge in [0.15, 0.2) is 0 Å². The SMILES string of the molecule is O=S(=O)(O)c1ccc2c(OCC(O)c3ccccc3)cccc2c1OCC(O)c1ccccc1. The zero-order valence-electron chi connectivity index (χ0n) is 18.1. The van der Waals surface area contributed by atoms with Gasteiger partial charge in [-0.15, -0.1) is 0 Å². The molecule has 0 fully saturated rings. The number of hydrogen-bond acceptors (Lipinski definition) is 6. The number of aliphatic hydroxyl groups is 2. The summed E-state index contributed by atoms with van der Waals surface area (Å²) in [7, 11) is -4.60. The highest BCUT2D eigenvalue weighted by atomic mass is 32.2. The Morgan fingerprint density at radius 2 is 1.21 bits per heavy atom. The van der Waals surface area contributed by atoms with Crippen molar-refractivity contribution in [2.45, 2.75) is 17.1 Å². The second-order valence-electron chi connectivity index (χ2n) is 7.69. The Morgan fingerprint density at radius 1 is 0.647 bits per heavy atom. The Kier molecular flexibility index (Phi) is 7.14. The van der Waals surface area contributed by atoms with Crippen molar-refractivity contribution in [2.24, 2.45) is 0 Å². The molecule has 0 aliphatic rings. The van der Waals surface area contributed by atoms with Gasteiger partial charge in [-0.05, 0) is 29.3 Å². The fourth-order valence-corrected chi connectivity index (χ4v) is 4.28. The Balaban J connectivity index is 1.64. The molecule has 2 atom stereocenters. The second-order valence-corrected chi connectivity index (χ2v) is 9.08. The minimum absolute atomic E-state index is 0.0217. The van der Waals surface area contributed by atoms with Crippen LogP contribution in [0.5, 0.6) is 11.5 Å². The third-order valence-electron chi connectivity index (χ3n) is 5.36. The van der Waals surface area contributed by atoms with Gasteiger partial charge < -0.3 is 19.7 Å². The van der Waals surface area contributed by atoms with Gasteiger partial charge >= 0.3 is 0 Å². The molecule has 8 heteroatoms. The largest absolute Gasteiger partial charge is 0.490 e. The third-order valence-corrected chi connectivity index (χ3v) is 6.24. The van der Waals surface area contributed by atoms with Gasteiger partial charge in [0.05, 0.1) is 0 Å². The molecule has 7 nitrogen and oxygen atoms in total. The minimum Gasteiger partial charge on any atom is -0.490 e. The van der Waals surface area contributed by atoms with Crippen LogP contribution in [0.2, 0.25) is 0 Å². The van der Waals surface area contributed by atoms with Crippen molar-refractivity contribution >= 4 is 20.9 Å². The van der Waals surface area contributed by atoms with Gasteiger partial charge in [-0.2, -0.15) is 8.42 Å². The van der Waals surface area contributed by atoms with Gasteiger partial charge in [0.25, 0.3) is 10.1 Å². The molecule has 0 saturated heterocycles. The molecule has 0 heterocycles. The highest BCUT2D eigenvalue weighted by Gasteiger charge is 2.22. The van der Waals surface area contributed by atoms with Crippen LogP contribution in [0, 0.1) is 0 Å². The van der Waals surface area contributed by atoms with Crippen molar-refractivity contribution in [1.82, 2.24) is 0 Å².